The predicted molar refractivity (Wildman–Crippen MR) is 75.4 cm³/mol. The zero-order valence-electron chi connectivity index (χ0n) is 11.0. The molecule has 2 aliphatic rings. The quantitative estimate of drug-likeness (QED) is 0.921. The fourth-order valence-electron chi connectivity index (χ4n) is 3.09. The Bertz CT molecular complexity index is 428. The van der Waals surface area contributed by atoms with E-state index in [-0.39, 0.29) is 0 Å². The second-order valence-corrected chi connectivity index (χ2v) is 5.95. The Kier molecular flexibility index (Phi) is 4.08. The summed E-state index contributed by atoms with van der Waals surface area (Å²) < 4.78 is 5.81. The molecule has 0 spiro atoms. The summed E-state index contributed by atoms with van der Waals surface area (Å²) in [4.78, 5) is 2.41. The molecule has 3 atom stereocenters. The summed E-state index contributed by atoms with van der Waals surface area (Å²) >= 11 is 6.10. The molecule has 2 heterocycles. The molecule has 0 amide bonds. The van der Waals surface area contributed by atoms with E-state index in [9.17, 15) is 5.11 Å². The summed E-state index contributed by atoms with van der Waals surface area (Å²) in [6.45, 7) is 2.92. The smallest absolute Gasteiger partial charge is 0.0816 e. The molecule has 0 saturated carbocycles. The van der Waals surface area contributed by atoms with Crippen LogP contribution < -0.4 is 0 Å². The number of ether oxygens (including phenoxy) is 1. The van der Waals surface area contributed by atoms with Crippen LogP contribution in [0.15, 0.2) is 24.3 Å². The highest BCUT2D eigenvalue weighted by molar-refractivity contribution is 6.31. The molecule has 0 radical (unpaired) electrons. The van der Waals surface area contributed by atoms with Gasteiger partial charge in [0.2, 0.25) is 0 Å². The van der Waals surface area contributed by atoms with Crippen molar-refractivity contribution in [2.45, 2.75) is 37.6 Å². The molecule has 104 valence electrons. The molecular weight excluding hydrogens is 262 g/mol. The number of hydrogen-bond acceptors (Lipinski definition) is 3. The summed E-state index contributed by atoms with van der Waals surface area (Å²) in [6, 6.07) is 7.53. The minimum atomic E-state index is -0.478. The zero-order chi connectivity index (χ0) is 13.2. The van der Waals surface area contributed by atoms with E-state index in [0.717, 1.165) is 31.6 Å². The molecule has 4 heteroatoms. The van der Waals surface area contributed by atoms with Crippen molar-refractivity contribution in [2.75, 3.05) is 19.6 Å². The van der Waals surface area contributed by atoms with E-state index in [1.807, 2.05) is 24.3 Å². The van der Waals surface area contributed by atoms with Crippen molar-refractivity contribution in [3.05, 3.63) is 34.9 Å². The predicted octanol–water partition coefficient (Wildman–Crippen LogP) is 2.63. The fraction of sp³-hybridized carbons (Fsp3) is 0.600. The van der Waals surface area contributed by atoms with Gasteiger partial charge in [-0.25, -0.2) is 0 Å². The minimum Gasteiger partial charge on any atom is -0.388 e. The number of halogens is 1. The SMILES string of the molecule is OC(CCN1CC2CCC(C1)O2)c1ccccc1Cl. The average molecular weight is 282 g/mol. The van der Waals surface area contributed by atoms with E-state index in [2.05, 4.69) is 4.90 Å². The lowest BCUT2D eigenvalue weighted by Gasteiger charge is -2.32. The van der Waals surface area contributed by atoms with Gasteiger partial charge < -0.3 is 9.84 Å². The number of fused-ring (bicyclic) bond motifs is 2. The van der Waals surface area contributed by atoms with Crippen LogP contribution in [0.2, 0.25) is 5.02 Å². The van der Waals surface area contributed by atoms with Gasteiger partial charge in [-0.15, -0.1) is 0 Å². The van der Waals surface area contributed by atoms with Gasteiger partial charge in [-0.2, -0.15) is 0 Å². The van der Waals surface area contributed by atoms with Gasteiger partial charge in [0.25, 0.3) is 0 Å². The van der Waals surface area contributed by atoms with Gasteiger partial charge in [0.05, 0.1) is 18.3 Å². The third-order valence-corrected chi connectivity index (χ3v) is 4.45. The number of aliphatic hydroxyl groups is 1. The molecule has 1 aromatic rings. The third kappa shape index (κ3) is 3.11. The van der Waals surface area contributed by atoms with Gasteiger partial charge in [0, 0.05) is 24.7 Å². The Hall–Kier alpha value is -0.610. The molecule has 2 fully saturated rings. The normalized spacial score (nSPS) is 28.5. The monoisotopic (exact) mass is 281 g/mol. The molecule has 3 nitrogen and oxygen atoms in total. The average Bonchev–Trinajstić information content (AvgIpc) is 2.76. The van der Waals surface area contributed by atoms with E-state index in [0.29, 0.717) is 17.2 Å². The number of aliphatic hydroxyl groups excluding tert-OH is 1. The lowest BCUT2D eigenvalue weighted by molar-refractivity contribution is -0.0414. The Morgan fingerprint density at radius 3 is 2.63 bits per heavy atom. The summed E-state index contributed by atoms with van der Waals surface area (Å²) in [5.74, 6) is 0. The maximum atomic E-state index is 10.2. The number of likely N-dealkylation sites (tertiary alicyclic amines) is 1. The van der Waals surface area contributed by atoms with Gasteiger partial charge in [0.1, 0.15) is 0 Å². The summed E-state index contributed by atoms with van der Waals surface area (Å²) in [5.41, 5.74) is 0.834. The van der Waals surface area contributed by atoms with Crippen LogP contribution in [0.4, 0.5) is 0 Å². The van der Waals surface area contributed by atoms with Crippen LogP contribution in [0, 0.1) is 0 Å². The molecule has 19 heavy (non-hydrogen) atoms. The zero-order valence-corrected chi connectivity index (χ0v) is 11.7. The largest absolute Gasteiger partial charge is 0.388 e. The lowest BCUT2D eigenvalue weighted by atomic mass is 10.1. The molecule has 0 aliphatic carbocycles. The lowest BCUT2D eigenvalue weighted by Crippen LogP contribution is -2.43. The number of hydrogen-bond donors (Lipinski definition) is 1. The van der Waals surface area contributed by atoms with Gasteiger partial charge >= 0.3 is 0 Å². The van der Waals surface area contributed by atoms with Crippen LogP contribution in [0.5, 0.6) is 0 Å². The first-order chi connectivity index (χ1) is 9.22. The van der Waals surface area contributed by atoms with Gasteiger partial charge in [-0.1, -0.05) is 29.8 Å². The number of morpholine rings is 1. The highest BCUT2D eigenvalue weighted by atomic mass is 35.5. The highest BCUT2D eigenvalue weighted by Crippen LogP contribution is 2.28. The van der Waals surface area contributed by atoms with Crippen molar-refractivity contribution in [3.8, 4) is 0 Å². The standard InChI is InChI=1S/C15H20ClNO2/c16-14-4-2-1-3-13(14)15(18)7-8-17-9-11-5-6-12(10-17)19-11/h1-4,11-12,15,18H,5-10H2. The van der Waals surface area contributed by atoms with Crippen LogP contribution >= 0.6 is 11.6 Å². The van der Waals surface area contributed by atoms with Crippen molar-refractivity contribution in [3.63, 3.8) is 0 Å². The van der Waals surface area contributed by atoms with Crippen molar-refractivity contribution in [1.29, 1.82) is 0 Å². The summed E-state index contributed by atoms with van der Waals surface area (Å²) in [5, 5.41) is 10.9. The van der Waals surface area contributed by atoms with E-state index >= 15 is 0 Å². The van der Waals surface area contributed by atoms with Gasteiger partial charge in [0.15, 0.2) is 0 Å². The molecule has 1 aromatic carbocycles. The van der Waals surface area contributed by atoms with Crippen LogP contribution in [-0.4, -0.2) is 41.8 Å². The van der Waals surface area contributed by atoms with Crippen molar-refractivity contribution < 1.29 is 9.84 Å². The Morgan fingerprint density at radius 2 is 1.95 bits per heavy atom. The highest BCUT2D eigenvalue weighted by Gasteiger charge is 2.33. The molecular formula is C15H20ClNO2. The Morgan fingerprint density at radius 1 is 1.26 bits per heavy atom. The second-order valence-electron chi connectivity index (χ2n) is 5.54. The molecule has 3 rings (SSSR count). The summed E-state index contributed by atoms with van der Waals surface area (Å²) in [6.07, 6.45) is 3.45. The Balaban J connectivity index is 1.53. The van der Waals surface area contributed by atoms with Crippen LogP contribution in [-0.2, 0) is 4.74 Å². The third-order valence-electron chi connectivity index (χ3n) is 4.10. The summed E-state index contributed by atoms with van der Waals surface area (Å²) in [7, 11) is 0. The van der Waals surface area contributed by atoms with E-state index in [1.165, 1.54) is 12.8 Å². The maximum absolute atomic E-state index is 10.2. The number of nitrogens with zero attached hydrogens (tertiary/aromatic N) is 1. The molecule has 2 saturated heterocycles. The van der Waals surface area contributed by atoms with Crippen LogP contribution in [0.1, 0.15) is 30.9 Å². The second kappa shape index (κ2) is 5.80. The van der Waals surface area contributed by atoms with Crippen molar-refractivity contribution in [1.82, 2.24) is 4.90 Å². The minimum absolute atomic E-state index is 0.413. The number of benzene rings is 1. The molecule has 1 N–H and O–H groups in total. The molecule has 2 aliphatic heterocycles. The first kappa shape index (κ1) is 13.4. The molecule has 2 bridgehead atoms. The fourth-order valence-corrected chi connectivity index (χ4v) is 3.35. The van der Waals surface area contributed by atoms with E-state index in [4.69, 9.17) is 16.3 Å². The topological polar surface area (TPSA) is 32.7 Å². The molecule has 0 aromatic heterocycles. The van der Waals surface area contributed by atoms with E-state index in [1.54, 1.807) is 0 Å². The van der Waals surface area contributed by atoms with Crippen molar-refractivity contribution >= 4 is 11.6 Å². The molecule has 3 unspecified atom stereocenters. The van der Waals surface area contributed by atoms with E-state index < -0.39 is 6.10 Å². The van der Waals surface area contributed by atoms with Gasteiger partial charge in [-0.05, 0) is 30.9 Å². The van der Waals surface area contributed by atoms with Gasteiger partial charge in [-0.3, -0.25) is 4.90 Å². The van der Waals surface area contributed by atoms with Crippen molar-refractivity contribution in [2.24, 2.45) is 0 Å². The Labute approximate surface area is 119 Å². The van der Waals surface area contributed by atoms with Crippen LogP contribution in [0.25, 0.3) is 0 Å². The number of rotatable bonds is 4. The van der Waals surface area contributed by atoms with Crippen LogP contribution in [0.3, 0.4) is 0 Å². The first-order valence-corrected chi connectivity index (χ1v) is 7.40. The first-order valence-electron chi connectivity index (χ1n) is 7.02. The maximum Gasteiger partial charge on any atom is 0.0816 e.